The molecule has 0 fully saturated rings. The average Bonchev–Trinajstić information content (AvgIpc) is 2.60. The smallest absolute Gasteiger partial charge is 0.308 e. The number of hydrogen-bond donors (Lipinski definition) is 2. The number of carboxylic acids is 1. The van der Waals surface area contributed by atoms with Crippen LogP contribution in [0.3, 0.4) is 0 Å². The second-order valence-electron chi connectivity index (χ2n) is 6.58. The summed E-state index contributed by atoms with van der Waals surface area (Å²) in [6.45, 7) is 5.76. The standard InChI is InChI=1S/C19H25N3O4/c1-4-5-14(19(25)26)11-20-18(24)15-8-9-17(23)22(21-15)16-10-12(2)6-7-13(16)3/h6-7,10,14H,4-5,8-9,11H2,1-3H3,(H,20,24)(H,25,26). The minimum Gasteiger partial charge on any atom is -0.481 e. The Morgan fingerprint density at radius 2 is 2.04 bits per heavy atom. The van der Waals surface area contributed by atoms with Gasteiger partial charge in [-0.2, -0.15) is 5.10 Å². The molecule has 0 radical (unpaired) electrons. The van der Waals surface area contributed by atoms with E-state index in [0.29, 0.717) is 12.1 Å². The van der Waals surface area contributed by atoms with E-state index in [1.54, 1.807) is 0 Å². The van der Waals surface area contributed by atoms with Crippen molar-refractivity contribution in [2.75, 3.05) is 11.6 Å². The van der Waals surface area contributed by atoms with Gasteiger partial charge in [-0.15, -0.1) is 0 Å². The molecule has 1 aromatic carbocycles. The van der Waals surface area contributed by atoms with Crippen LogP contribution in [-0.2, 0) is 14.4 Å². The largest absolute Gasteiger partial charge is 0.481 e. The Hall–Kier alpha value is -2.70. The Morgan fingerprint density at radius 3 is 2.69 bits per heavy atom. The van der Waals surface area contributed by atoms with Gasteiger partial charge in [-0.1, -0.05) is 25.5 Å². The summed E-state index contributed by atoms with van der Waals surface area (Å²) in [6.07, 6.45) is 1.66. The van der Waals surface area contributed by atoms with Crippen molar-refractivity contribution in [3.63, 3.8) is 0 Å². The monoisotopic (exact) mass is 359 g/mol. The number of carbonyl (C=O) groups is 3. The fourth-order valence-corrected chi connectivity index (χ4v) is 2.83. The van der Waals surface area contributed by atoms with Crippen LogP contribution >= 0.6 is 0 Å². The van der Waals surface area contributed by atoms with E-state index in [0.717, 1.165) is 17.5 Å². The van der Waals surface area contributed by atoms with E-state index in [1.165, 1.54) is 5.01 Å². The SMILES string of the molecule is CCCC(CNC(=O)C1=NN(c2cc(C)ccc2C)C(=O)CC1)C(=O)O. The Morgan fingerprint density at radius 1 is 1.31 bits per heavy atom. The maximum Gasteiger partial charge on any atom is 0.308 e. The van der Waals surface area contributed by atoms with Crippen molar-refractivity contribution >= 4 is 29.2 Å². The molecule has 1 unspecified atom stereocenters. The predicted octanol–water partition coefficient (Wildman–Crippen LogP) is 2.40. The number of nitrogens with one attached hydrogen (secondary N) is 1. The zero-order valence-corrected chi connectivity index (χ0v) is 15.4. The summed E-state index contributed by atoms with van der Waals surface area (Å²) in [7, 11) is 0. The van der Waals surface area contributed by atoms with Gasteiger partial charge in [0.2, 0.25) is 5.91 Å². The van der Waals surface area contributed by atoms with Gasteiger partial charge in [0, 0.05) is 19.4 Å². The fraction of sp³-hybridized carbons (Fsp3) is 0.474. The third-order valence-electron chi connectivity index (χ3n) is 4.38. The van der Waals surface area contributed by atoms with E-state index in [2.05, 4.69) is 10.4 Å². The molecular weight excluding hydrogens is 334 g/mol. The average molecular weight is 359 g/mol. The molecule has 1 aliphatic heterocycles. The van der Waals surface area contributed by atoms with E-state index < -0.39 is 17.8 Å². The number of aryl methyl sites for hydroxylation is 2. The zero-order valence-electron chi connectivity index (χ0n) is 15.4. The highest BCUT2D eigenvalue weighted by atomic mass is 16.4. The molecule has 0 aromatic heterocycles. The van der Waals surface area contributed by atoms with Gasteiger partial charge in [-0.25, -0.2) is 5.01 Å². The van der Waals surface area contributed by atoms with E-state index in [9.17, 15) is 19.5 Å². The van der Waals surface area contributed by atoms with Gasteiger partial charge in [0.25, 0.3) is 5.91 Å². The number of anilines is 1. The minimum absolute atomic E-state index is 0.0540. The molecule has 7 heteroatoms. The minimum atomic E-state index is -0.926. The quantitative estimate of drug-likeness (QED) is 0.781. The molecular formula is C19H25N3O4. The molecule has 2 N–H and O–H groups in total. The highest BCUT2D eigenvalue weighted by Crippen LogP contribution is 2.25. The summed E-state index contributed by atoms with van der Waals surface area (Å²) < 4.78 is 0. The molecule has 0 aliphatic carbocycles. The van der Waals surface area contributed by atoms with Crippen molar-refractivity contribution < 1.29 is 19.5 Å². The van der Waals surface area contributed by atoms with Crippen molar-refractivity contribution in [2.45, 2.75) is 46.5 Å². The molecule has 1 aromatic rings. The highest BCUT2D eigenvalue weighted by Gasteiger charge is 2.27. The zero-order chi connectivity index (χ0) is 19.3. The van der Waals surface area contributed by atoms with Gasteiger partial charge in [0.1, 0.15) is 5.71 Å². The van der Waals surface area contributed by atoms with E-state index in [-0.39, 0.29) is 31.0 Å². The third-order valence-corrected chi connectivity index (χ3v) is 4.38. The predicted molar refractivity (Wildman–Crippen MR) is 99.1 cm³/mol. The van der Waals surface area contributed by atoms with Crippen LogP contribution in [0.4, 0.5) is 5.69 Å². The lowest BCUT2D eigenvalue weighted by atomic mass is 10.0. The van der Waals surface area contributed by atoms with Gasteiger partial charge >= 0.3 is 5.97 Å². The highest BCUT2D eigenvalue weighted by molar-refractivity contribution is 6.40. The van der Waals surface area contributed by atoms with Crippen LogP contribution in [0.15, 0.2) is 23.3 Å². The van der Waals surface area contributed by atoms with Crippen LogP contribution in [0.1, 0.15) is 43.7 Å². The van der Waals surface area contributed by atoms with E-state index >= 15 is 0 Å². The molecule has 2 amide bonds. The number of carbonyl (C=O) groups excluding carboxylic acids is 2. The number of hydrogen-bond acceptors (Lipinski definition) is 4. The lowest BCUT2D eigenvalue weighted by Gasteiger charge is -2.25. The first-order valence-electron chi connectivity index (χ1n) is 8.82. The van der Waals surface area contributed by atoms with Crippen LogP contribution in [0.2, 0.25) is 0 Å². The molecule has 26 heavy (non-hydrogen) atoms. The Bertz CT molecular complexity index is 742. The molecule has 140 valence electrons. The Balaban J connectivity index is 2.16. The molecule has 0 saturated carbocycles. The summed E-state index contributed by atoms with van der Waals surface area (Å²) in [5.41, 5.74) is 2.79. The Kier molecular flexibility index (Phi) is 6.49. The molecule has 1 atom stereocenters. The van der Waals surface area contributed by atoms with Gasteiger partial charge in [0.15, 0.2) is 0 Å². The first kappa shape index (κ1) is 19.6. The second kappa shape index (κ2) is 8.60. The number of hydrazone groups is 1. The maximum absolute atomic E-state index is 12.4. The number of aliphatic carboxylic acids is 1. The van der Waals surface area contributed by atoms with E-state index in [4.69, 9.17) is 0 Å². The van der Waals surface area contributed by atoms with Crippen molar-refractivity contribution in [3.8, 4) is 0 Å². The lowest BCUT2D eigenvalue weighted by Crippen LogP contribution is -2.41. The van der Waals surface area contributed by atoms with Crippen LogP contribution in [0.25, 0.3) is 0 Å². The summed E-state index contributed by atoms with van der Waals surface area (Å²) >= 11 is 0. The number of benzene rings is 1. The lowest BCUT2D eigenvalue weighted by molar-refractivity contribution is -0.141. The molecule has 1 aliphatic rings. The van der Waals surface area contributed by atoms with Crippen LogP contribution in [-0.4, -0.2) is 35.1 Å². The summed E-state index contributed by atoms with van der Waals surface area (Å²) in [4.78, 5) is 35.9. The summed E-state index contributed by atoms with van der Waals surface area (Å²) in [5.74, 6) is -2.13. The van der Waals surface area contributed by atoms with E-state index in [1.807, 2.05) is 39.0 Å². The van der Waals surface area contributed by atoms with Crippen LogP contribution in [0, 0.1) is 19.8 Å². The van der Waals surface area contributed by atoms with Gasteiger partial charge in [-0.05, 0) is 37.5 Å². The van der Waals surface area contributed by atoms with Crippen molar-refractivity contribution in [1.82, 2.24) is 5.32 Å². The molecule has 1 heterocycles. The van der Waals surface area contributed by atoms with Crippen molar-refractivity contribution in [2.24, 2.45) is 11.0 Å². The molecule has 0 spiro atoms. The molecule has 2 rings (SSSR count). The summed E-state index contributed by atoms with van der Waals surface area (Å²) in [6, 6.07) is 5.72. The topological polar surface area (TPSA) is 99.1 Å². The summed E-state index contributed by atoms with van der Waals surface area (Å²) in [5, 5.41) is 17.3. The molecule has 0 saturated heterocycles. The molecule has 7 nitrogen and oxygen atoms in total. The van der Waals surface area contributed by atoms with Gasteiger partial charge in [0.05, 0.1) is 11.6 Å². The second-order valence-corrected chi connectivity index (χ2v) is 6.58. The number of carboxylic acid groups (broad SMARTS) is 1. The molecule has 0 bridgehead atoms. The van der Waals surface area contributed by atoms with Gasteiger partial charge in [-0.3, -0.25) is 14.4 Å². The number of amides is 2. The first-order valence-corrected chi connectivity index (χ1v) is 8.82. The van der Waals surface area contributed by atoms with Crippen molar-refractivity contribution in [3.05, 3.63) is 29.3 Å². The van der Waals surface area contributed by atoms with Gasteiger partial charge < -0.3 is 10.4 Å². The first-order chi connectivity index (χ1) is 12.3. The fourth-order valence-electron chi connectivity index (χ4n) is 2.83. The van der Waals surface area contributed by atoms with Crippen LogP contribution < -0.4 is 10.3 Å². The van der Waals surface area contributed by atoms with Crippen molar-refractivity contribution in [1.29, 1.82) is 0 Å². The third kappa shape index (κ3) is 4.68. The normalized spacial score (nSPS) is 15.4. The number of nitrogens with zero attached hydrogens (tertiary/aromatic N) is 2. The maximum atomic E-state index is 12.4. The number of rotatable bonds is 7. The van der Waals surface area contributed by atoms with Crippen LogP contribution in [0.5, 0.6) is 0 Å². The Labute approximate surface area is 153 Å².